The number of ether oxygens (including phenoxy) is 8. The standard InChI is InChI=1S/C35H29N3O9.C34H27N3O9/c1-21-18-25-19-38(34(43)37-28(25)36-29(21)39)33-35(2,47-32(42)24-16-10-5-11-17-24)27(46-31(41)23-14-8-4-9-15-23)26(45-33)20-44-30(40)22-12-6-3-7-13-22;1-34(46-31(41)23-15-9-4-10-16-23)27(45-30(40)22-13-7-3-8-14-22)25(20-43-29(39)21-11-5-2-6-12-21)44-32(34)37-19-24-17-18-26(38)35-28(24)36-33(37)42/h3-19,26-27,33H,20H2,1-2H3,(H,36,37,39,43);2-19,25,27,32H,20H2,1H3,(H,35,36,38,42)/t26-,27?,33-,35-;25-,27?,32-,34-/m11/s1. The number of fused-ring (bicyclic) bond motifs is 2. The lowest BCUT2D eigenvalue weighted by atomic mass is 9.95. The van der Waals surface area contributed by atoms with Crippen LogP contribution in [0, 0.1) is 6.92 Å². The molecular formula is C69H56N6O18. The first-order valence-electron chi connectivity index (χ1n) is 29.0. The number of nitrogens with zero attached hydrogens (tertiary/aromatic N) is 4. The van der Waals surface area contributed by atoms with Gasteiger partial charge in [0.25, 0.3) is 5.56 Å². The Balaban J connectivity index is 0.000000190. The fourth-order valence-corrected chi connectivity index (χ4v) is 10.7. The molecule has 24 nitrogen and oxygen atoms in total. The van der Waals surface area contributed by atoms with Crippen molar-refractivity contribution in [1.82, 2.24) is 29.1 Å². The molecule has 0 aliphatic carbocycles. The van der Waals surface area contributed by atoms with Gasteiger partial charge in [-0.25, -0.2) is 38.4 Å². The molecule has 0 bridgehead atoms. The molecule has 12 rings (SSSR count). The van der Waals surface area contributed by atoms with E-state index < -0.39 is 120 Å². The number of hydrogen-bond donors (Lipinski definition) is 2. The van der Waals surface area contributed by atoms with E-state index in [0.29, 0.717) is 16.3 Å². The highest BCUT2D eigenvalue weighted by Crippen LogP contribution is 2.45. The van der Waals surface area contributed by atoms with Crippen molar-refractivity contribution in [2.45, 2.75) is 68.8 Å². The molecule has 0 amide bonds. The van der Waals surface area contributed by atoms with Crippen molar-refractivity contribution in [3.05, 3.63) is 293 Å². The van der Waals surface area contributed by atoms with Crippen molar-refractivity contribution in [1.29, 1.82) is 0 Å². The van der Waals surface area contributed by atoms with E-state index in [-0.39, 0.29) is 44.7 Å². The van der Waals surface area contributed by atoms with Crippen molar-refractivity contribution in [3.8, 4) is 0 Å². The molecule has 0 radical (unpaired) electrons. The average molecular weight is 1260 g/mol. The minimum atomic E-state index is -1.88. The molecule has 93 heavy (non-hydrogen) atoms. The summed E-state index contributed by atoms with van der Waals surface area (Å²) >= 11 is 0. The number of carbonyl (C=O) groups excluding carboxylic acids is 6. The lowest BCUT2D eigenvalue weighted by molar-refractivity contribution is -0.111. The molecule has 470 valence electrons. The molecule has 6 aromatic carbocycles. The third kappa shape index (κ3) is 13.7. The zero-order valence-corrected chi connectivity index (χ0v) is 49.7. The van der Waals surface area contributed by atoms with E-state index in [1.54, 1.807) is 195 Å². The Morgan fingerprint density at radius 2 is 0.774 bits per heavy atom. The second kappa shape index (κ2) is 27.1. The number of rotatable bonds is 16. The van der Waals surface area contributed by atoms with E-state index in [1.807, 2.05) is 0 Å². The minimum absolute atomic E-state index is 0.0372. The summed E-state index contributed by atoms with van der Waals surface area (Å²) in [5.74, 6) is -4.44. The summed E-state index contributed by atoms with van der Waals surface area (Å²) in [6, 6.07) is 53.3. The van der Waals surface area contributed by atoms with E-state index in [0.717, 1.165) is 9.13 Å². The van der Waals surface area contributed by atoms with Crippen molar-refractivity contribution < 1.29 is 66.7 Å². The fourth-order valence-electron chi connectivity index (χ4n) is 10.7. The van der Waals surface area contributed by atoms with Crippen molar-refractivity contribution in [2.24, 2.45) is 0 Å². The number of aromatic amines is 2. The van der Waals surface area contributed by atoms with Gasteiger partial charge in [-0.3, -0.25) is 18.7 Å². The Labute approximate surface area is 526 Å². The van der Waals surface area contributed by atoms with E-state index in [1.165, 1.54) is 38.4 Å². The van der Waals surface area contributed by atoms with Crippen molar-refractivity contribution in [2.75, 3.05) is 13.2 Å². The molecule has 24 heteroatoms. The van der Waals surface area contributed by atoms with Gasteiger partial charge >= 0.3 is 47.2 Å². The van der Waals surface area contributed by atoms with Crippen LogP contribution in [0.1, 0.15) is 94.0 Å². The van der Waals surface area contributed by atoms with Gasteiger partial charge in [-0.1, -0.05) is 109 Å². The zero-order chi connectivity index (χ0) is 65.4. The highest BCUT2D eigenvalue weighted by molar-refractivity contribution is 5.93. The van der Waals surface area contributed by atoms with E-state index in [9.17, 15) is 47.9 Å². The van der Waals surface area contributed by atoms with Gasteiger partial charge in [0.05, 0.1) is 33.4 Å². The second-order valence-corrected chi connectivity index (χ2v) is 21.8. The molecule has 10 aromatic rings. The third-order valence-corrected chi connectivity index (χ3v) is 15.4. The quantitative estimate of drug-likeness (QED) is 0.0692. The van der Waals surface area contributed by atoms with Crippen LogP contribution in [0.4, 0.5) is 0 Å². The maximum atomic E-state index is 13.6. The average Bonchev–Trinajstić information content (AvgIpc) is 1.62. The normalized spacial score (nSPS) is 20.5. The van der Waals surface area contributed by atoms with Gasteiger partial charge in [0, 0.05) is 34.8 Å². The van der Waals surface area contributed by atoms with Gasteiger partial charge in [-0.15, -0.1) is 0 Å². The predicted molar refractivity (Wildman–Crippen MR) is 331 cm³/mol. The molecule has 2 unspecified atom stereocenters. The Bertz CT molecular complexity index is 4670. The first-order chi connectivity index (χ1) is 44.9. The van der Waals surface area contributed by atoms with Crippen LogP contribution in [0.5, 0.6) is 0 Å². The van der Waals surface area contributed by atoms with Gasteiger partial charge in [-0.05, 0) is 106 Å². The highest BCUT2D eigenvalue weighted by Gasteiger charge is 2.62. The molecule has 2 aliphatic heterocycles. The number of hydrogen-bond acceptors (Lipinski definition) is 20. The highest BCUT2D eigenvalue weighted by atomic mass is 16.7. The Kier molecular flexibility index (Phi) is 18.3. The van der Waals surface area contributed by atoms with Gasteiger partial charge in [0.2, 0.25) is 5.56 Å². The summed E-state index contributed by atoms with van der Waals surface area (Å²) in [5, 5.41) is 0.759. The first kappa shape index (κ1) is 62.8. The number of aryl methyl sites for hydroxylation is 1. The maximum Gasteiger partial charge on any atom is 0.351 e. The number of benzene rings is 6. The fraction of sp³-hybridized carbons (Fsp3) is 0.188. The van der Waals surface area contributed by atoms with Crippen LogP contribution >= 0.6 is 0 Å². The van der Waals surface area contributed by atoms with E-state index in [2.05, 4.69) is 19.9 Å². The summed E-state index contributed by atoms with van der Waals surface area (Å²) in [5.41, 5.74) is -4.52. The molecule has 0 saturated carbocycles. The van der Waals surface area contributed by atoms with Crippen LogP contribution in [0.15, 0.2) is 232 Å². The monoisotopic (exact) mass is 1260 g/mol. The number of pyridine rings is 2. The van der Waals surface area contributed by atoms with Gasteiger partial charge in [0.15, 0.2) is 35.9 Å². The summed E-state index contributed by atoms with van der Waals surface area (Å²) < 4.78 is 50.2. The molecule has 2 saturated heterocycles. The number of H-pyrrole nitrogens is 2. The van der Waals surface area contributed by atoms with Crippen LogP contribution in [0.25, 0.3) is 22.1 Å². The molecule has 8 atom stereocenters. The van der Waals surface area contributed by atoms with Crippen molar-refractivity contribution in [3.63, 3.8) is 0 Å². The van der Waals surface area contributed by atoms with Gasteiger partial charge in [0.1, 0.15) is 36.7 Å². The van der Waals surface area contributed by atoms with E-state index >= 15 is 0 Å². The molecule has 2 aliphatic rings. The summed E-state index contributed by atoms with van der Waals surface area (Å²) in [6.45, 7) is 3.66. The molecule has 6 heterocycles. The zero-order valence-electron chi connectivity index (χ0n) is 49.7. The molecular weight excluding hydrogens is 1200 g/mol. The molecule has 4 aromatic heterocycles. The number of carbonyl (C=O) groups is 6. The Morgan fingerprint density at radius 1 is 0.441 bits per heavy atom. The lowest BCUT2D eigenvalue weighted by Crippen LogP contribution is -2.51. The SMILES string of the molecule is C[C@@]1(OC(=O)c2ccccc2)C(OC(=O)c2ccccc2)[C@@H](COC(=O)c2ccccc2)O[C@H]1n1cc2ccc(=O)[nH]c2nc1=O.Cc1cc2cn([C@@H]3O[C@H](COC(=O)c4ccccc4)C(OC(=O)c4ccccc4)[C@@]3(C)OC(=O)c3ccccc3)c(=O)nc2[nH]c1=O. The van der Waals surface area contributed by atoms with Crippen LogP contribution in [-0.2, 0) is 37.9 Å². The second-order valence-electron chi connectivity index (χ2n) is 21.8. The largest absolute Gasteiger partial charge is 0.459 e. The number of nitrogens with one attached hydrogen (secondary N) is 2. The van der Waals surface area contributed by atoms with E-state index in [4.69, 9.17) is 37.9 Å². The third-order valence-electron chi connectivity index (χ3n) is 15.4. The van der Waals surface area contributed by atoms with Crippen LogP contribution < -0.4 is 22.5 Å². The Morgan fingerprint density at radius 3 is 1.15 bits per heavy atom. The van der Waals surface area contributed by atoms with Gasteiger partial charge in [-0.2, -0.15) is 9.97 Å². The van der Waals surface area contributed by atoms with Crippen molar-refractivity contribution >= 4 is 57.9 Å². The molecule has 0 spiro atoms. The summed E-state index contributed by atoms with van der Waals surface area (Å²) in [7, 11) is 0. The van der Waals surface area contributed by atoms with Crippen LogP contribution in [0.2, 0.25) is 0 Å². The first-order valence-corrected chi connectivity index (χ1v) is 29.0. The maximum absolute atomic E-state index is 13.6. The Hall–Kier alpha value is -11.8. The number of esters is 6. The summed E-state index contributed by atoms with van der Waals surface area (Å²) in [4.78, 5) is 144. The summed E-state index contributed by atoms with van der Waals surface area (Å²) in [6.07, 6.45) is -5.27. The minimum Gasteiger partial charge on any atom is -0.459 e. The molecule has 2 fully saturated rings. The molecule has 2 N–H and O–H groups in total. The lowest BCUT2D eigenvalue weighted by Gasteiger charge is -2.34. The van der Waals surface area contributed by atoms with Crippen LogP contribution in [-0.4, -0.2) is 114 Å². The van der Waals surface area contributed by atoms with Gasteiger partial charge < -0.3 is 47.9 Å². The predicted octanol–water partition coefficient (Wildman–Crippen LogP) is 7.67. The topological polar surface area (TPSA) is 312 Å². The smallest absolute Gasteiger partial charge is 0.351 e. The van der Waals surface area contributed by atoms with Crippen LogP contribution in [0.3, 0.4) is 0 Å². The number of aromatic nitrogens is 6.